The highest BCUT2D eigenvalue weighted by molar-refractivity contribution is 5.50. The van der Waals surface area contributed by atoms with Crippen LogP contribution in [0, 0.1) is 13.8 Å². The van der Waals surface area contributed by atoms with Gasteiger partial charge < -0.3 is 25.5 Å². The van der Waals surface area contributed by atoms with E-state index in [-0.39, 0.29) is 17.5 Å². The van der Waals surface area contributed by atoms with E-state index in [0.29, 0.717) is 12.0 Å². The molecule has 0 amide bonds. The largest absolute Gasteiger partial charge is 0.508 e. The molecule has 1 aliphatic carbocycles. The summed E-state index contributed by atoms with van der Waals surface area (Å²) < 4.78 is 0. The molecule has 6 heteroatoms. The van der Waals surface area contributed by atoms with E-state index in [4.69, 9.17) is 15.3 Å². The predicted molar refractivity (Wildman–Crippen MR) is 136 cm³/mol. The first-order valence-corrected chi connectivity index (χ1v) is 11.5. The SMILES string of the molecule is C=O.C=O.CC.C[C@H]1c2cc(O)cc(O)c2CC1N1CCCC(N)C1.Cc1ccc(C)cc1. The van der Waals surface area contributed by atoms with Gasteiger partial charge in [0, 0.05) is 24.7 Å². The second-order valence-electron chi connectivity index (χ2n) is 8.14. The monoisotopic (exact) mass is 458 g/mol. The fourth-order valence-electron chi connectivity index (χ4n) is 4.31. The zero-order valence-corrected chi connectivity index (χ0v) is 20.9. The van der Waals surface area contributed by atoms with Crippen LogP contribution < -0.4 is 5.73 Å². The van der Waals surface area contributed by atoms with E-state index in [2.05, 4.69) is 49.9 Å². The lowest BCUT2D eigenvalue weighted by atomic mass is 9.96. The summed E-state index contributed by atoms with van der Waals surface area (Å²) >= 11 is 0. The summed E-state index contributed by atoms with van der Waals surface area (Å²) in [6.45, 7) is 16.4. The van der Waals surface area contributed by atoms with Crippen molar-refractivity contribution in [3.63, 3.8) is 0 Å². The molecule has 1 saturated heterocycles. The van der Waals surface area contributed by atoms with Crippen LogP contribution in [-0.4, -0.2) is 53.9 Å². The van der Waals surface area contributed by atoms with Crippen LogP contribution in [0.1, 0.15) is 61.8 Å². The predicted octanol–water partition coefficient (Wildman–Crippen LogP) is 4.51. The molecule has 2 aromatic rings. The molecule has 1 heterocycles. The molecule has 6 nitrogen and oxygen atoms in total. The molecular weight excluding hydrogens is 416 g/mol. The van der Waals surface area contributed by atoms with Crippen molar-refractivity contribution < 1.29 is 19.8 Å². The van der Waals surface area contributed by atoms with Crippen molar-refractivity contribution in [2.24, 2.45) is 5.73 Å². The summed E-state index contributed by atoms with van der Waals surface area (Å²) in [4.78, 5) is 18.5. The molecule has 0 bridgehead atoms. The Hall–Kier alpha value is -2.70. The molecule has 2 aliphatic rings. The first-order chi connectivity index (χ1) is 15.8. The van der Waals surface area contributed by atoms with Crippen molar-refractivity contribution in [2.75, 3.05) is 13.1 Å². The van der Waals surface area contributed by atoms with Gasteiger partial charge in [-0.3, -0.25) is 4.90 Å². The van der Waals surface area contributed by atoms with Gasteiger partial charge in [-0.25, -0.2) is 0 Å². The molecular formula is C27H42N2O4. The van der Waals surface area contributed by atoms with Crippen LogP contribution in [0.25, 0.3) is 0 Å². The van der Waals surface area contributed by atoms with Gasteiger partial charge in [0.1, 0.15) is 25.1 Å². The lowest BCUT2D eigenvalue weighted by Crippen LogP contribution is -2.48. The standard InChI is InChI=1S/C15H22N2O2.C8H10.C2H6.2CH2O/c1-9-12-5-11(18)6-15(19)13(12)7-14(9)17-4-2-3-10(16)8-17;1-7-3-5-8(2)6-4-7;3*1-2/h5-6,9-10,14,18-19H,2-4,7-8,16H2,1H3;3-6H,1-2H3;1-2H3;2*1H2/t9-,10?,14?;;;;/m0..../s1. The van der Waals surface area contributed by atoms with Gasteiger partial charge in [0.15, 0.2) is 0 Å². The van der Waals surface area contributed by atoms with E-state index in [0.717, 1.165) is 43.5 Å². The molecule has 4 N–H and O–H groups in total. The minimum Gasteiger partial charge on any atom is -0.508 e. The van der Waals surface area contributed by atoms with Gasteiger partial charge in [-0.2, -0.15) is 0 Å². The fourth-order valence-corrected chi connectivity index (χ4v) is 4.31. The van der Waals surface area contributed by atoms with Gasteiger partial charge >= 0.3 is 0 Å². The van der Waals surface area contributed by atoms with E-state index in [9.17, 15) is 10.2 Å². The Kier molecular flexibility index (Phi) is 14.7. The number of nitrogens with zero attached hydrogens (tertiary/aromatic N) is 1. The number of fused-ring (bicyclic) bond motifs is 1. The summed E-state index contributed by atoms with van der Waals surface area (Å²) in [5.41, 5.74) is 10.8. The number of carbonyl (C=O) groups is 2. The maximum absolute atomic E-state index is 9.99. The van der Waals surface area contributed by atoms with E-state index in [1.165, 1.54) is 17.2 Å². The summed E-state index contributed by atoms with van der Waals surface area (Å²) in [6.07, 6.45) is 3.11. The van der Waals surface area contributed by atoms with Crippen LogP contribution >= 0.6 is 0 Å². The van der Waals surface area contributed by atoms with Gasteiger partial charge in [-0.05, 0) is 62.8 Å². The topological polar surface area (TPSA) is 104 Å². The number of carbonyl (C=O) groups excluding carboxylic acids is 2. The highest BCUT2D eigenvalue weighted by atomic mass is 16.3. The summed E-state index contributed by atoms with van der Waals surface area (Å²) in [5, 5.41) is 19.6. The van der Waals surface area contributed by atoms with E-state index in [1.807, 2.05) is 27.4 Å². The van der Waals surface area contributed by atoms with Crippen LogP contribution in [0.4, 0.5) is 0 Å². The number of hydrogen-bond donors (Lipinski definition) is 3. The van der Waals surface area contributed by atoms with Crippen LogP contribution in [0.15, 0.2) is 36.4 Å². The third-order valence-electron chi connectivity index (χ3n) is 5.90. The molecule has 0 saturated carbocycles. The molecule has 33 heavy (non-hydrogen) atoms. The Balaban J connectivity index is 0.000000613. The molecule has 1 fully saturated rings. The number of piperidine rings is 1. The summed E-state index contributed by atoms with van der Waals surface area (Å²) in [5.74, 6) is 0.711. The average molecular weight is 459 g/mol. The number of aryl methyl sites for hydroxylation is 2. The van der Waals surface area contributed by atoms with Crippen molar-refractivity contribution in [1.82, 2.24) is 4.90 Å². The molecule has 0 radical (unpaired) electrons. The first kappa shape index (κ1) is 30.3. The van der Waals surface area contributed by atoms with Crippen LogP contribution in [0.3, 0.4) is 0 Å². The Morgan fingerprint density at radius 2 is 1.48 bits per heavy atom. The van der Waals surface area contributed by atoms with Gasteiger partial charge in [0.05, 0.1) is 0 Å². The zero-order valence-electron chi connectivity index (χ0n) is 20.9. The third-order valence-corrected chi connectivity index (χ3v) is 5.90. The first-order valence-electron chi connectivity index (χ1n) is 11.5. The number of hydrogen-bond acceptors (Lipinski definition) is 6. The van der Waals surface area contributed by atoms with Gasteiger partial charge in [-0.1, -0.05) is 56.2 Å². The maximum Gasteiger partial charge on any atom is 0.122 e. The Bertz CT molecular complexity index is 788. The number of benzene rings is 2. The minimum absolute atomic E-state index is 0.152. The fraction of sp³-hybridized carbons (Fsp3) is 0.481. The molecule has 0 spiro atoms. The van der Waals surface area contributed by atoms with Crippen molar-refractivity contribution in [2.45, 2.75) is 71.9 Å². The summed E-state index contributed by atoms with van der Waals surface area (Å²) in [7, 11) is 0. The van der Waals surface area contributed by atoms with Gasteiger partial charge in [0.25, 0.3) is 0 Å². The normalized spacial score (nSPS) is 20.7. The number of aromatic hydroxyl groups is 2. The molecule has 4 rings (SSSR count). The van der Waals surface area contributed by atoms with E-state index < -0.39 is 0 Å². The highest BCUT2D eigenvalue weighted by Gasteiger charge is 2.36. The second kappa shape index (κ2) is 16.0. The molecule has 0 aromatic heterocycles. The van der Waals surface area contributed by atoms with Crippen LogP contribution in [0.2, 0.25) is 0 Å². The number of phenols is 2. The highest BCUT2D eigenvalue weighted by Crippen LogP contribution is 2.42. The lowest BCUT2D eigenvalue weighted by Gasteiger charge is -2.37. The average Bonchev–Trinajstić information content (AvgIpc) is 3.17. The Morgan fingerprint density at radius 1 is 0.970 bits per heavy atom. The minimum atomic E-state index is 0.152. The number of likely N-dealkylation sites (tertiary alicyclic amines) is 1. The quantitative estimate of drug-likeness (QED) is 0.581. The van der Waals surface area contributed by atoms with Crippen LogP contribution in [-0.2, 0) is 16.0 Å². The maximum atomic E-state index is 9.99. The molecule has 184 valence electrons. The molecule has 2 aromatic carbocycles. The number of phenolic OH excluding ortho intramolecular Hbond substituents is 2. The lowest BCUT2D eigenvalue weighted by molar-refractivity contribution is -0.0987. The second-order valence-corrected chi connectivity index (χ2v) is 8.14. The van der Waals surface area contributed by atoms with Gasteiger partial charge in [0.2, 0.25) is 0 Å². The van der Waals surface area contributed by atoms with Crippen LogP contribution in [0.5, 0.6) is 11.5 Å². The Labute approximate surface area is 199 Å². The third kappa shape index (κ3) is 8.98. The van der Waals surface area contributed by atoms with Crippen molar-refractivity contribution in [3.8, 4) is 11.5 Å². The zero-order chi connectivity index (χ0) is 25.6. The Morgan fingerprint density at radius 3 is 1.97 bits per heavy atom. The number of nitrogens with two attached hydrogens (primary N) is 1. The molecule has 3 atom stereocenters. The van der Waals surface area contributed by atoms with E-state index >= 15 is 0 Å². The summed E-state index contributed by atoms with van der Waals surface area (Å²) in [6, 6.07) is 12.4. The molecule has 1 aliphatic heterocycles. The van der Waals surface area contributed by atoms with E-state index in [1.54, 1.807) is 6.07 Å². The van der Waals surface area contributed by atoms with Crippen molar-refractivity contribution in [3.05, 3.63) is 58.7 Å². The molecule has 2 unspecified atom stereocenters. The smallest absolute Gasteiger partial charge is 0.122 e. The van der Waals surface area contributed by atoms with Gasteiger partial charge in [-0.15, -0.1) is 0 Å². The van der Waals surface area contributed by atoms with Crippen molar-refractivity contribution >= 4 is 13.6 Å². The number of rotatable bonds is 1. The van der Waals surface area contributed by atoms with Crippen molar-refractivity contribution in [1.29, 1.82) is 0 Å².